The maximum absolute atomic E-state index is 12.1. The molecule has 8 nitrogen and oxygen atoms in total. The average molecular weight is 344 g/mol. The van der Waals surface area contributed by atoms with Gasteiger partial charge in [-0.3, -0.25) is 4.90 Å². The first-order chi connectivity index (χ1) is 12.2. The quantitative estimate of drug-likeness (QED) is 0.763. The Morgan fingerprint density at radius 3 is 3.04 bits per heavy atom. The van der Waals surface area contributed by atoms with Gasteiger partial charge in [0.2, 0.25) is 0 Å². The van der Waals surface area contributed by atoms with E-state index in [0.29, 0.717) is 26.2 Å². The number of hydrogen-bond donors (Lipinski definition) is 3. The van der Waals surface area contributed by atoms with Gasteiger partial charge in [-0.2, -0.15) is 0 Å². The molecule has 4 N–H and O–H groups in total. The summed E-state index contributed by atoms with van der Waals surface area (Å²) in [5.41, 5.74) is 8.66. The van der Waals surface area contributed by atoms with Crippen molar-refractivity contribution < 1.29 is 9.53 Å². The van der Waals surface area contributed by atoms with Crippen LogP contribution in [-0.2, 0) is 0 Å². The molecule has 8 heteroatoms. The van der Waals surface area contributed by atoms with Crippen molar-refractivity contribution in [2.24, 2.45) is 5.73 Å². The number of aromatic amines is 1. The number of carbonyl (C=O) groups excluding carboxylic acids is 1. The molecule has 2 heterocycles. The summed E-state index contributed by atoms with van der Waals surface area (Å²) in [6, 6.07) is 5.57. The summed E-state index contributed by atoms with van der Waals surface area (Å²) >= 11 is 0. The van der Waals surface area contributed by atoms with Crippen LogP contribution in [0.2, 0.25) is 0 Å². The first-order valence-electron chi connectivity index (χ1n) is 8.41. The number of ether oxygens (including phenoxy) is 1. The van der Waals surface area contributed by atoms with Crippen LogP contribution in [0.1, 0.15) is 18.7 Å². The highest BCUT2D eigenvalue weighted by Crippen LogP contribution is 2.39. The van der Waals surface area contributed by atoms with Crippen LogP contribution in [0.15, 0.2) is 30.7 Å². The zero-order valence-electron chi connectivity index (χ0n) is 14.5. The Labute approximate surface area is 147 Å². The number of benzene rings is 1. The smallest absolute Gasteiger partial charge is 0.321 e. The number of H-pyrrole nitrogens is 1. The molecule has 0 aliphatic carbocycles. The largest absolute Gasteiger partial charge is 0.490 e. The minimum absolute atomic E-state index is 0.0563. The van der Waals surface area contributed by atoms with E-state index in [1.165, 1.54) is 0 Å². The van der Waals surface area contributed by atoms with Crippen molar-refractivity contribution in [3.63, 3.8) is 0 Å². The Morgan fingerprint density at radius 1 is 1.56 bits per heavy atom. The van der Waals surface area contributed by atoms with E-state index in [0.717, 1.165) is 22.8 Å². The highest BCUT2D eigenvalue weighted by molar-refractivity contribution is 5.92. The fourth-order valence-electron chi connectivity index (χ4n) is 3.16. The molecular weight excluding hydrogens is 320 g/mol. The van der Waals surface area contributed by atoms with Crippen LogP contribution in [0.4, 0.5) is 16.2 Å². The van der Waals surface area contributed by atoms with E-state index in [4.69, 9.17) is 10.5 Å². The number of anilines is 2. The number of amides is 2. The van der Waals surface area contributed by atoms with E-state index in [-0.39, 0.29) is 12.1 Å². The maximum Gasteiger partial charge on any atom is 0.321 e. The topological polar surface area (TPSA) is 99.5 Å². The number of fused-ring (bicyclic) bond motifs is 1. The van der Waals surface area contributed by atoms with Gasteiger partial charge in [0.25, 0.3) is 0 Å². The van der Waals surface area contributed by atoms with Gasteiger partial charge < -0.3 is 25.7 Å². The molecule has 3 rings (SSSR count). The van der Waals surface area contributed by atoms with Gasteiger partial charge in [0.05, 0.1) is 30.3 Å². The number of nitrogens with two attached hydrogens (primary N) is 1. The van der Waals surface area contributed by atoms with Gasteiger partial charge in [0, 0.05) is 32.0 Å². The van der Waals surface area contributed by atoms with Crippen LogP contribution < -0.4 is 25.6 Å². The predicted molar refractivity (Wildman–Crippen MR) is 97.1 cm³/mol. The third kappa shape index (κ3) is 3.25. The standard InChI is InChI=1S/C17H24N6O2/c1-3-22(17(24)19-2)12-4-5-16-14(8-12)23(6-7-25-16)15(9-18)13-10-20-11-21-13/h4-5,8,10-11,15H,3,6-7,9,18H2,1-2H3,(H,19,24)(H,20,21). The van der Waals surface area contributed by atoms with Crippen molar-refractivity contribution in [3.05, 3.63) is 36.4 Å². The van der Waals surface area contributed by atoms with E-state index in [1.54, 1.807) is 18.3 Å². The Hall–Kier alpha value is -2.74. The van der Waals surface area contributed by atoms with Crippen molar-refractivity contribution in [1.29, 1.82) is 0 Å². The van der Waals surface area contributed by atoms with Crippen LogP contribution in [0, 0.1) is 0 Å². The molecule has 0 spiro atoms. The van der Waals surface area contributed by atoms with Gasteiger partial charge >= 0.3 is 6.03 Å². The van der Waals surface area contributed by atoms with Gasteiger partial charge in [-0.15, -0.1) is 0 Å². The van der Waals surface area contributed by atoms with E-state index >= 15 is 0 Å². The lowest BCUT2D eigenvalue weighted by Gasteiger charge is -2.37. The Kier molecular flexibility index (Phi) is 5.08. The summed E-state index contributed by atoms with van der Waals surface area (Å²) in [7, 11) is 1.63. The van der Waals surface area contributed by atoms with Crippen LogP contribution in [-0.4, -0.2) is 49.3 Å². The molecule has 1 aliphatic rings. The Bertz CT molecular complexity index is 718. The molecule has 134 valence electrons. The third-order valence-electron chi connectivity index (χ3n) is 4.39. The molecule has 25 heavy (non-hydrogen) atoms. The monoisotopic (exact) mass is 344 g/mol. The number of rotatable bonds is 5. The number of nitrogens with one attached hydrogen (secondary N) is 2. The highest BCUT2D eigenvalue weighted by Gasteiger charge is 2.28. The molecule has 0 saturated heterocycles. The lowest BCUT2D eigenvalue weighted by atomic mass is 10.1. The predicted octanol–water partition coefficient (Wildman–Crippen LogP) is 1.47. The van der Waals surface area contributed by atoms with Gasteiger partial charge in [-0.25, -0.2) is 9.78 Å². The molecule has 2 aromatic rings. The molecule has 1 aromatic carbocycles. The molecule has 2 amide bonds. The first kappa shape index (κ1) is 17.1. The number of hydrogen-bond acceptors (Lipinski definition) is 5. The van der Waals surface area contributed by atoms with E-state index in [1.807, 2.05) is 31.3 Å². The van der Waals surface area contributed by atoms with Crippen LogP contribution in [0.3, 0.4) is 0 Å². The zero-order chi connectivity index (χ0) is 17.8. The first-order valence-corrected chi connectivity index (χ1v) is 8.41. The molecule has 0 saturated carbocycles. The van der Waals surface area contributed by atoms with Gasteiger partial charge in [-0.1, -0.05) is 0 Å². The Balaban J connectivity index is 1.99. The van der Waals surface area contributed by atoms with E-state index < -0.39 is 0 Å². The van der Waals surface area contributed by atoms with E-state index in [2.05, 4.69) is 20.2 Å². The fraction of sp³-hybridized carbons (Fsp3) is 0.412. The summed E-state index contributed by atoms with van der Waals surface area (Å²) in [4.78, 5) is 23.3. The Morgan fingerprint density at radius 2 is 2.40 bits per heavy atom. The van der Waals surface area contributed by atoms with Crippen molar-refractivity contribution in [2.45, 2.75) is 13.0 Å². The second-order valence-electron chi connectivity index (χ2n) is 5.74. The minimum atomic E-state index is -0.145. The van der Waals surface area contributed by atoms with Crippen LogP contribution >= 0.6 is 0 Å². The molecule has 0 radical (unpaired) electrons. The van der Waals surface area contributed by atoms with Crippen LogP contribution in [0.5, 0.6) is 5.75 Å². The molecule has 1 aromatic heterocycles. The summed E-state index contributed by atoms with van der Waals surface area (Å²) < 4.78 is 5.79. The lowest BCUT2D eigenvalue weighted by molar-refractivity contribution is 0.248. The van der Waals surface area contributed by atoms with E-state index in [9.17, 15) is 4.79 Å². The molecule has 1 aliphatic heterocycles. The average Bonchev–Trinajstić information content (AvgIpc) is 3.17. The van der Waals surface area contributed by atoms with Crippen molar-refractivity contribution >= 4 is 17.4 Å². The SMILES string of the molecule is CCN(C(=O)NC)c1ccc2c(c1)N(C(CN)c1c[nH]cn1)CCO2. The summed E-state index contributed by atoms with van der Waals surface area (Å²) in [6.45, 7) is 4.23. The number of aromatic nitrogens is 2. The van der Waals surface area contributed by atoms with Crippen molar-refractivity contribution in [1.82, 2.24) is 15.3 Å². The second kappa shape index (κ2) is 7.43. The normalized spacial score (nSPS) is 14.4. The summed E-state index contributed by atoms with van der Waals surface area (Å²) in [5, 5.41) is 2.67. The molecule has 1 atom stereocenters. The molecular formula is C17H24N6O2. The maximum atomic E-state index is 12.1. The van der Waals surface area contributed by atoms with Gasteiger partial charge in [0.1, 0.15) is 12.4 Å². The summed E-state index contributed by atoms with van der Waals surface area (Å²) in [5.74, 6) is 0.789. The lowest BCUT2D eigenvalue weighted by Crippen LogP contribution is -2.40. The highest BCUT2D eigenvalue weighted by atomic mass is 16.5. The number of imidazole rings is 1. The molecule has 0 bridgehead atoms. The number of carbonyl (C=O) groups is 1. The zero-order valence-corrected chi connectivity index (χ0v) is 14.5. The molecule has 0 fully saturated rings. The van der Waals surface area contributed by atoms with Gasteiger partial charge in [-0.05, 0) is 25.1 Å². The van der Waals surface area contributed by atoms with Crippen molar-refractivity contribution in [2.75, 3.05) is 43.1 Å². The second-order valence-corrected chi connectivity index (χ2v) is 5.74. The number of nitrogens with zero attached hydrogens (tertiary/aromatic N) is 3. The number of urea groups is 1. The third-order valence-corrected chi connectivity index (χ3v) is 4.39. The fourth-order valence-corrected chi connectivity index (χ4v) is 3.16. The van der Waals surface area contributed by atoms with Crippen molar-refractivity contribution in [3.8, 4) is 5.75 Å². The minimum Gasteiger partial charge on any atom is -0.490 e. The van der Waals surface area contributed by atoms with Gasteiger partial charge in [0.15, 0.2) is 0 Å². The van der Waals surface area contributed by atoms with Crippen LogP contribution in [0.25, 0.3) is 0 Å². The summed E-state index contributed by atoms with van der Waals surface area (Å²) in [6.07, 6.45) is 3.51. The molecule has 1 unspecified atom stereocenters.